The summed E-state index contributed by atoms with van der Waals surface area (Å²) in [6, 6.07) is 7.64. The Morgan fingerprint density at radius 3 is 2.56 bits per heavy atom. The maximum atomic E-state index is 11.8. The molecule has 1 heterocycles. The highest BCUT2D eigenvalue weighted by Gasteiger charge is 2.22. The van der Waals surface area contributed by atoms with Crippen LogP contribution in [0.3, 0.4) is 0 Å². The molecule has 2 N–H and O–H groups in total. The largest absolute Gasteiger partial charge is 0.444 e. The zero-order chi connectivity index (χ0) is 18.3. The summed E-state index contributed by atoms with van der Waals surface area (Å²) in [6.07, 6.45) is 2.77. The molecule has 1 unspecified atom stereocenters. The lowest BCUT2D eigenvalue weighted by Gasteiger charge is -2.19. The first kappa shape index (κ1) is 19.2. The van der Waals surface area contributed by atoms with E-state index in [0.29, 0.717) is 18.8 Å². The van der Waals surface area contributed by atoms with Gasteiger partial charge in [-0.05, 0) is 64.2 Å². The number of carbonyl (C=O) groups excluding carboxylic acids is 2. The standard InChI is InChI=1S/C19H28N2O4/c1-19(2,3)25-18(23)21-15-10-8-14(9-11-15)6-4-12-20-17(22)16-7-5-13-24-16/h8-11,16H,4-7,12-13H2,1-3H3,(H,20,22)(H,21,23). The highest BCUT2D eigenvalue weighted by molar-refractivity contribution is 5.84. The van der Waals surface area contributed by atoms with E-state index in [4.69, 9.17) is 9.47 Å². The van der Waals surface area contributed by atoms with Crippen molar-refractivity contribution in [1.29, 1.82) is 0 Å². The van der Waals surface area contributed by atoms with Gasteiger partial charge in [-0.25, -0.2) is 4.79 Å². The molecule has 1 saturated heterocycles. The van der Waals surface area contributed by atoms with Crippen LogP contribution in [0.2, 0.25) is 0 Å². The number of anilines is 1. The van der Waals surface area contributed by atoms with E-state index in [9.17, 15) is 9.59 Å². The minimum absolute atomic E-state index is 0.00518. The van der Waals surface area contributed by atoms with Crippen LogP contribution in [-0.4, -0.2) is 36.9 Å². The molecule has 0 saturated carbocycles. The second-order valence-electron chi connectivity index (χ2n) is 7.22. The summed E-state index contributed by atoms with van der Waals surface area (Å²) >= 11 is 0. The number of hydrogen-bond acceptors (Lipinski definition) is 4. The van der Waals surface area contributed by atoms with Crippen molar-refractivity contribution in [3.05, 3.63) is 29.8 Å². The summed E-state index contributed by atoms with van der Waals surface area (Å²) in [5, 5.41) is 5.62. The Labute approximate surface area is 149 Å². The van der Waals surface area contributed by atoms with Gasteiger partial charge in [0.1, 0.15) is 11.7 Å². The molecule has 25 heavy (non-hydrogen) atoms. The number of rotatable bonds is 6. The Morgan fingerprint density at radius 1 is 1.24 bits per heavy atom. The predicted octanol–water partition coefficient (Wildman–Crippen LogP) is 3.26. The Balaban J connectivity index is 1.67. The van der Waals surface area contributed by atoms with Crippen LogP contribution in [0.5, 0.6) is 0 Å². The van der Waals surface area contributed by atoms with Gasteiger partial charge in [-0.2, -0.15) is 0 Å². The minimum Gasteiger partial charge on any atom is -0.444 e. The second-order valence-corrected chi connectivity index (χ2v) is 7.22. The first-order valence-electron chi connectivity index (χ1n) is 8.82. The third-order valence-electron chi connectivity index (χ3n) is 3.76. The fraction of sp³-hybridized carbons (Fsp3) is 0.579. The molecule has 138 valence electrons. The summed E-state index contributed by atoms with van der Waals surface area (Å²) < 4.78 is 10.6. The number of amides is 2. The molecule has 0 aromatic heterocycles. The van der Waals surface area contributed by atoms with Gasteiger partial charge in [-0.1, -0.05) is 12.1 Å². The fourth-order valence-electron chi connectivity index (χ4n) is 2.58. The third kappa shape index (κ3) is 7.13. The van der Waals surface area contributed by atoms with E-state index in [1.807, 2.05) is 45.0 Å². The van der Waals surface area contributed by atoms with E-state index in [0.717, 1.165) is 31.2 Å². The van der Waals surface area contributed by atoms with E-state index in [-0.39, 0.29) is 12.0 Å². The summed E-state index contributed by atoms with van der Waals surface area (Å²) in [5.41, 5.74) is 1.34. The summed E-state index contributed by atoms with van der Waals surface area (Å²) in [7, 11) is 0. The lowest BCUT2D eigenvalue weighted by atomic mass is 10.1. The molecule has 2 rings (SSSR count). The first-order chi connectivity index (χ1) is 11.8. The van der Waals surface area contributed by atoms with Crippen LogP contribution < -0.4 is 10.6 Å². The third-order valence-corrected chi connectivity index (χ3v) is 3.76. The molecule has 0 bridgehead atoms. The van der Waals surface area contributed by atoms with Crippen LogP contribution in [0.1, 0.15) is 45.6 Å². The Kier molecular flexibility index (Phi) is 6.82. The molecule has 0 radical (unpaired) electrons. The van der Waals surface area contributed by atoms with Gasteiger partial charge in [-0.15, -0.1) is 0 Å². The van der Waals surface area contributed by atoms with Crippen LogP contribution in [-0.2, 0) is 20.7 Å². The second kappa shape index (κ2) is 8.85. The topological polar surface area (TPSA) is 76.7 Å². The van der Waals surface area contributed by atoms with Crippen molar-refractivity contribution in [1.82, 2.24) is 5.32 Å². The van der Waals surface area contributed by atoms with E-state index >= 15 is 0 Å². The lowest BCUT2D eigenvalue weighted by molar-refractivity contribution is -0.130. The Hall–Kier alpha value is -2.08. The van der Waals surface area contributed by atoms with Crippen molar-refractivity contribution in [2.45, 2.75) is 58.2 Å². The van der Waals surface area contributed by atoms with Crippen LogP contribution in [0.15, 0.2) is 24.3 Å². The van der Waals surface area contributed by atoms with Gasteiger partial charge in [0.15, 0.2) is 0 Å². The monoisotopic (exact) mass is 348 g/mol. The molecule has 2 amide bonds. The van der Waals surface area contributed by atoms with Crippen LogP contribution in [0.25, 0.3) is 0 Å². The van der Waals surface area contributed by atoms with Crippen LogP contribution >= 0.6 is 0 Å². The molecule has 1 aliphatic rings. The summed E-state index contributed by atoms with van der Waals surface area (Å²) in [6.45, 7) is 6.80. The van der Waals surface area contributed by atoms with Crippen molar-refractivity contribution in [2.24, 2.45) is 0 Å². The van der Waals surface area contributed by atoms with Crippen molar-refractivity contribution >= 4 is 17.7 Å². The van der Waals surface area contributed by atoms with E-state index < -0.39 is 11.7 Å². The molecule has 6 heteroatoms. The quantitative estimate of drug-likeness (QED) is 0.774. The van der Waals surface area contributed by atoms with E-state index in [2.05, 4.69) is 10.6 Å². The summed E-state index contributed by atoms with van der Waals surface area (Å²) in [4.78, 5) is 23.5. The molecular weight excluding hydrogens is 320 g/mol. The molecule has 1 aliphatic heterocycles. The molecule has 1 aromatic carbocycles. The first-order valence-corrected chi connectivity index (χ1v) is 8.82. The SMILES string of the molecule is CC(C)(C)OC(=O)Nc1ccc(CCCNC(=O)C2CCCO2)cc1. The average molecular weight is 348 g/mol. The molecule has 0 aliphatic carbocycles. The smallest absolute Gasteiger partial charge is 0.412 e. The van der Waals surface area contributed by atoms with Crippen LogP contribution in [0, 0.1) is 0 Å². The zero-order valence-electron chi connectivity index (χ0n) is 15.3. The molecular formula is C19H28N2O4. The van der Waals surface area contributed by atoms with Gasteiger partial charge >= 0.3 is 6.09 Å². The number of ether oxygens (including phenoxy) is 2. The van der Waals surface area contributed by atoms with Crippen molar-refractivity contribution in [2.75, 3.05) is 18.5 Å². The predicted molar refractivity (Wildman–Crippen MR) is 96.6 cm³/mol. The maximum Gasteiger partial charge on any atom is 0.412 e. The lowest BCUT2D eigenvalue weighted by Crippen LogP contribution is -2.34. The van der Waals surface area contributed by atoms with Gasteiger partial charge < -0.3 is 14.8 Å². The normalized spacial score (nSPS) is 17.2. The number of hydrogen-bond donors (Lipinski definition) is 2. The maximum absolute atomic E-state index is 11.8. The number of aryl methyl sites for hydroxylation is 1. The fourth-order valence-corrected chi connectivity index (χ4v) is 2.58. The Morgan fingerprint density at radius 2 is 1.96 bits per heavy atom. The highest BCUT2D eigenvalue weighted by atomic mass is 16.6. The highest BCUT2D eigenvalue weighted by Crippen LogP contribution is 2.14. The zero-order valence-corrected chi connectivity index (χ0v) is 15.3. The Bertz CT molecular complexity index is 572. The number of benzene rings is 1. The molecule has 1 aromatic rings. The van der Waals surface area contributed by atoms with Crippen molar-refractivity contribution in [3.63, 3.8) is 0 Å². The molecule has 1 atom stereocenters. The van der Waals surface area contributed by atoms with E-state index in [1.54, 1.807) is 0 Å². The average Bonchev–Trinajstić information content (AvgIpc) is 3.05. The summed E-state index contributed by atoms with van der Waals surface area (Å²) in [5.74, 6) is -0.00518. The van der Waals surface area contributed by atoms with Gasteiger partial charge in [0.2, 0.25) is 5.91 Å². The van der Waals surface area contributed by atoms with Gasteiger partial charge in [-0.3, -0.25) is 10.1 Å². The van der Waals surface area contributed by atoms with Gasteiger partial charge in [0.25, 0.3) is 0 Å². The molecule has 0 spiro atoms. The molecule has 1 fully saturated rings. The van der Waals surface area contributed by atoms with Gasteiger partial charge in [0.05, 0.1) is 0 Å². The number of carbonyl (C=O) groups is 2. The number of nitrogens with one attached hydrogen (secondary N) is 2. The van der Waals surface area contributed by atoms with Crippen molar-refractivity contribution < 1.29 is 19.1 Å². The molecule has 6 nitrogen and oxygen atoms in total. The van der Waals surface area contributed by atoms with Crippen LogP contribution in [0.4, 0.5) is 10.5 Å². The minimum atomic E-state index is -0.516. The van der Waals surface area contributed by atoms with Gasteiger partial charge in [0, 0.05) is 18.8 Å². The van der Waals surface area contributed by atoms with Crippen molar-refractivity contribution in [3.8, 4) is 0 Å². The van der Waals surface area contributed by atoms with E-state index in [1.165, 1.54) is 0 Å².